The third kappa shape index (κ3) is 2.11. The molecule has 0 amide bonds. The second-order valence-corrected chi connectivity index (χ2v) is 4.87. The van der Waals surface area contributed by atoms with Crippen molar-refractivity contribution < 1.29 is 4.39 Å². The average molecular weight is 266 g/mol. The van der Waals surface area contributed by atoms with E-state index < -0.39 is 0 Å². The molecule has 2 nitrogen and oxygen atoms in total. The molecule has 3 heteroatoms. The summed E-state index contributed by atoms with van der Waals surface area (Å²) in [4.78, 5) is 0. The number of benzene rings is 2. The van der Waals surface area contributed by atoms with Gasteiger partial charge in [0.2, 0.25) is 0 Å². The van der Waals surface area contributed by atoms with Crippen molar-refractivity contribution >= 4 is 0 Å². The monoisotopic (exact) mass is 266 g/mol. The molecule has 0 saturated carbocycles. The van der Waals surface area contributed by atoms with Crippen LogP contribution in [0.1, 0.15) is 11.1 Å². The Balaban J connectivity index is 2.18. The Hall–Kier alpha value is -2.42. The van der Waals surface area contributed by atoms with Crippen LogP contribution in [0.4, 0.5) is 4.39 Å². The van der Waals surface area contributed by atoms with E-state index in [4.69, 9.17) is 0 Å². The van der Waals surface area contributed by atoms with E-state index in [0.717, 1.165) is 11.4 Å². The molecule has 0 radical (unpaired) electrons. The van der Waals surface area contributed by atoms with E-state index in [2.05, 4.69) is 31.1 Å². The van der Waals surface area contributed by atoms with E-state index in [1.165, 1.54) is 28.8 Å². The summed E-state index contributed by atoms with van der Waals surface area (Å²) in [7, 11) is 0. The highest BCUT2D eigenvalue weighted by Crippen LogP contribution is 2.28. The Labute approximate surface area is 117 Å². The summed E-state index contributed by atoms with van der Waals surface area (Å²) in [5, 5.41) is 4.37. The van der Waals surface area contributed by atoms with Crippen molar-refractivity contribution in [2.75, 3.05) is 0 Å². The molecule has 20 heavy (non-hydrogen) atoms. The zero-order valence-electron chi connectivity index (χ0n) is 11.5. The zero-order chi connectivity index (χ0) is 14.1. The lowest BCUT2D eigenvalue weighted by molar-refractivity contribution is 0.627. The maximum absolute atomic E-state index is 13.1. The van der Waals surface area contributed by atoms with E-state index in [9.17, 15) is 4.39 Å². The minimum atomic E-state index is -0.241. The minimum absolute atomic E-state index is 0.241. The standard InChI is InChI=1S/C17H15FN2/c1-12-4-3-5-13(2)17(12)16-10-11-19-20(16)15-8-6-14(18)7-9-15/h3-11H,1-2H3. The fourth-order valence-electron chi connectivity index (χ4n) is 2.50. The van der Waals surface area contributed by atoms with E-state index in [0.29, 0.717) is 0 Å². The summed E-state index contributed by atoms with van der Waals surface area (Å²) in [6.07, 6.45) is 1.77. The summed E-state index contributed by atoms with van der Waals surface area (Å²) in [5.74, 6) is -0.241. The zero-order valence-corrected chi connectivity index (χ0v) is 11.5. The fraction of sp³-hybridized carbons (Fsp3) is 0.118. The topological polar surface area (TPSA) is 17.8 Å². The van der Waals surface area contributed by atoms with Crippen LogP contribution in [0.2, 0.25) is 0 Å². The highest BCUT2D eigenvalue weighted by Gasteiger charge is 2.11. The van der Waals surface area contributed by atoms with Crippen LogP contribution >= 0.6 is 0 Å². The van der Waals surface area contributed by atoms with Gasteiger partial charge < -0.3 is 0 Å². The van der Waals surface area contributed by atoms with Crippen molar-refractivity contribution in [3.63, 3.8) is 0 Å². The number of aromatic nitrogens is 2. The lowest BCUT2D eigenvalue weighted by atomic mass is 10.00. The first-order valence-electron chi connectivity index (χ1n) is 6.53. The number of nitrogens with zero attached hydrogens (tertiary/aromatic N) is 2. The minimum Gasteiger partial charge on any atom is -0.233 e. The Morgan fingerprint density at radius 3 is 2.20 bits per heavy atom. The molecular weight excluding hydrogens is 251 g/mol. The first kappa shape index (κ1) is 12.6. The van der Waals surface area contributed by atoms with Crippen LogP contribution in [-0.4, -0.2) is 9.78 Å². The lowest BCUT2D eigenvalue weighted by Crippen LogP contribution is -2.01. The van der Waals surface area contributed by atoms with Crippen LogP contribution in [0.25, 0.3) is 16.9 Å². The quantitative estimate of drug-likeness (QED) is 0.676. The smallest absolute Gasteiger partial charge is 0.123 e. The highest BCUT2D eigenvalue weighted by molar-refractivity contribution is 5.69. The van der Waals surface area contributed by atoms with Crippen LogP contribution in [0.3, 0.4) is 0 Å². The predicted octanol–water partition coefficient (Wildman–Crippen LogP) is 4.30. The van der Waals surface area contributed by atoms with Gasteiger partial charge in [0.1, 0.15) is 5.82 Å². The third-order valence-electron chi connectivity index (χ3n) is 3.45. The van der Waals surface area contributed by atoms with Gasteiger partial charge in [0.05, 0.1) is 17.6 Å². The van der Waals surface area contributed by atoms with Gasteiger partial charge in [-0.1, -0.05) is 18.2 Å². The summed E-state index contributed by atoms with van der Waals surface area (Å²) in [6, 6.07) is 14.6. The van der Waals surface area contributed by atoms with Crippen molar-refractivity contribution in [3.8, 4) is 16.9 Å². The van der Waals surface area contributed by atoms with Gasteiger partial charge in [-0.25, -0.2) is 9.07 Å². The molecular formula is C17H15FN2. The lowest BCUT2D eigenvalue weighted by Gasteiger charge is -2.12. The Kier molecular flexibility index (Phi) is 3.11. The van der Waals surface area contributed by atoms with Crippen LogP contribution in [0.5, 0.6) is 0 Å². The first-order valence-corrected chi connectivity index (χ1v) is 6.53. The number of rotatable bonds is 2. The van der Waals surface area contributed by atoms with Crippen LogP contribution < -0.4 is 0 Å². The number of aryl methyl sites for hydroxylation is 2. The van der Waals surface area contributed by atoms with Crippen molar-refractivity contribution in [1.82, 2.24) is 9.78 Å². The van der Waals surface area contributed by atoms with Crippen LogP contribution in [-0.2, 0) is 0 Å². The normalized spacial score (nSPS) is 10.8. The molecule has 0 unspecified atom stereocenters. The molecule has 3 rings (SSSR count). The molecule has 1 aromatic heterocycles. The second kappa shape index (κ2) is 4.93. The molecule has 0 aliphatic rings. The summed E-state index contributed by atoms with van der Waals surface area (Å²) in [5.41, 5.74) is 5.46. The number of hydrogen-bond acceptors (Lipinski definition) is 1. The molecule has 3 aromatic rings. The largest absolute Gasteiger partial charge is 0.233 e. The van der Waals surface area contributed by atoms with Gasteiger partial charge in [0.15, 0.2) is 0 Å². The molecule has 0 saturated heterocycles. The van der Waals surface area contributed by atoms with Crippen LogP contribution in [0, 0.1) is 19.7 Å². The highest BCUT2D eigenvalue weighted by atomic mass is 19.1. The summed E-state index contributed by atoms with van der Waals surface area (Å²) >= 11 is 0. The van der Waals surface area contributed by atoms with Gasteiger partial charge in [-0.15, -0.1) is 0 Å². The van der Waals surface area contributed by atoms with Gasteiger partial charge in [0, 0.05) is 5.56 Å². The van der Waals surface area contributed by atoms with Gasteiger partial charge in [-0.2, -0.15) is 5.10 Å². The summed E-state index contributed by atoms with van der Waals surface area (Å²) < 4.78 is 14.9. The summed E-state index contributed by atoms with van der Waals surface area (Å²) in [6.45, 7) is 4.18. The van der Waals surface area contributed by atoms with Crippen molar-refractivity contribution in [2.45, 2.75) is 13.8 Å². The number of hydrogen-bond donors (Lipinski definition) is 0. The molecule has 0 fully saturated rings. The maximum Gasteiger partial charge on any atom is 0.123 e. The average Bonchev–Trinajstić information content (AvgIpc) is 2.88. The molecule has 0 atom stereocenters. The van der Waals surface area contributed by atoms with E-state index >= 15 is 0 Å². The molecule has 1 heterocycles. The molecule has 0 aliphatic heterocycles. The Morgan fingerprint density at radius 2 is 1.55 bits per heavy atom. The fourth-order valence-corrected chi connectivity index (χ4v) is 2.50. The van der Waals surface area contributed by atoms with Gasteiger partial charge in [-0.3, -0.25) is 0 Å². The van der Waals surface area contributed by atoms with Crippen molar-refractivity contribution in [2.24, 2.45) is 0 Å². The number of halogens is 1. The van der Waals surface area contributed by atoms with Crippen molar-refractivity contribution in [1.29, 1.82) is 0 Å². The molecule has 100 valence electrons. The molecule has 0 spiro atoms. The second-order valence-electron chi connectivity index (χ2n) is 4.87. The molecule has 0 N–H and O–H groups in total. The van der Waals surface area contributed by atoms with E-state index in [-0.39, 0.29) is 5.82 Å². The molecule has 2 aromatic carbocycles. The van der Waals surface area contributed by atoms with Gasteiger partial charge in [0.25, 0.3) is 0 Å². The van der Waals surface area contributed by atoms with E-state index in [1.807, 2.05) is 16.8 Å². The van der Waals surface area contributed by atoms with Crippen LogP contribution in [0.15, 0.2) is 54.7 Å². The SMILES string of the molecule is Cc1cccc(C)c1-c1ccnn1-c1ccc(F)cc1. The Bertz CT molecular complexity index is 722. The molecule has 0 bridgehead atoms. The van der Waals surface area contributed by atoms with E-state index in [1.54, 1.807) is 18.3 Å². The maximum atomic E-state index is 13.1. The van der Waals surface area contributed by atoms with Crippen molar-refractivity contribution in [3.05, 3.63) is 71.7 Å². The van der Waals surface area contributed by atoms with Gasteiger partial charge in [-0.05, 0) is 55.3 Å². The Morgan fingerprint density at radius 1 is 0.900 bits per heavy atom. The molecule has 0 aliphatic carbocycles. The predicted molar refractivity (Wildman–Crippen MR) is 78.4 cm³/mol. The third-order valence-corrected chi connectivity index (χ3v) is 3.45. The first-order chi connectivity index (χ1) is 9.66. The van der Waals surface area contributed by atoms with Gasteiger partial charge >= 0.3 is 0 Å².